The fraction of sp³-hybridized carbons (Fsp3) is 0.143. The Labute approximate surface area is 173 Å². The Hall–Kier alpha value is -3.95. The first-order valence-electron chi connectivity index (χ1n) is 9.20. The van der Waals surface area contributed by atoms with Gasteiger partial charge >= 0.3 is 6.18 Å². The Morgan fingerprint density at radius 3 is 2.52 bits per heavy atom. The van der Waals surface area contributed by atoms with Gasteiger partial charge in [0.2, 0.25) is 5.91 Å². The van der Waals surface area contributed by atoms with E-state index in [4.69, 9.17) is 0 Å². The Balaban J connectivity index is 1.60. The molecule has 4 rings (SSSR count). The molecule has 1 N–H and O–H groups in total. The Bertz CT molecular complexity index is 1320. The number of aromatic nitrogens is 4. The van der Waals surface area contributed by atoms with Crippen LogP contribution >= 0.6 is 0 Å². The smallest absolute Gasteiger partial charge is 0.324 e. The molecule has 0 saturated heterocycles. The number of carbonyl (C=O) groups excluding carboxylic acids is 1. The number of para-hydroxylation sites is 1. The summed E-state index contributed by atoms with van der Waals surface area (Å²) in [7, 11) is 0. The van der Waals surface area contributed by atoms with E-state index in [1.165, 1.54) is 29.3 Å². The van der Waals surface area contributed by atoms with Crippen LogP contribution in [-0.4, -0.2) is 25.2 Å². The summed E-state index contributed by atoms with van der Waals surface area (Å²) in [6.07, 6.45) is -2.10. The van der Waals surface area contributed by atoms with Gasteiger partial charge in [-0.25, -0.2) is 9.67 Å². The summed E-state index contributed by atoms with van der Waals surface area (Å²) < 4.78 is 41.8. The molecular weight excluding hydrogens is 411 g/mol. The second kappa shape index (κ2) is 7.71. The first kappa shape index (κ1) is 20.3. The van der Waals surface area contributed by atoms with E-state index in [9.17, 15) is 22.8 Å². The van der Waals surface area contributed by atoms with Crippen molar-refractivity contribution in [3.63, 3.8) is 0 Å². The van der Waals surface area contributed by atoms with E-state index in [1.807, 2.05) is 31.2 Å². The predicted molar refractivity (Wildman–Crippen MR) is 108 cm³/mol. The molecule has 7 nitrogen and oxygen atoms in total. The predicted octanol–water partition coefficient (Wildman–Crippen LogP) is 3.55. The molecule has 0 aliphatic carbocycles. The standard InChI is InChI=1S/C21H16F3N5O2/c1-13-6-8-14(9-7-13)29-19-15(10-26-29)20(31)28(12-25-19)11-18(30)27-17-5-3-2-4-16(17)21(22,23)24/h2-10,12H,11H2,1H3,(H,27,30). The first-order chi connectivity index (χ1) is 14.7. The van der Waals surface area contributed by atoms with Crippen LogP contribution in [0.2, 0.25) is 0 Å². The number of alkyl halides is 3. The minimum absolute atomic E-state index is 0.187. The summed E-state index contributed by atoms with van der Waals surface area (Å²) in [5.74, 6) is -0.786. The van der Waals surface area contributed by atoms with Gasteiger partial charge in [0.15, 0.2) is 5.65 Å². The molecule has 10 heteroatoms. The number of carbonyl (C=O) groups is 1. The van der Waals surface area contributed by atoms with Crippen LogP contribution < -0.4 is 10.9 Å². The van der Waals surface area contributed by atoms with Crippen molar-refractivity contribution in [1.29, 1.82) is 0 Å². The number of hydrogen-bond donors (Lipinski definition) is 1. The molecule has 0 radical (unpaired) electrons. The van der Waals surface area contributed by atoms with Crippen LogP contribution in [0.25, 0.3) is 16.7 Å². The minimum Gasteiger partial charge on any atom is -0.324 e. The molecule has 0 unspecified atom stereocenters. The molecule has 4 aromatic rings. The monoisotopic (exact) mass is 427 g/mol. The van der Waals surface area contributed by atoms with Crippen LogP contribution in [0.3, 0.4) is 0 Å². The van der Waals surface area contributed by atoms with Crippen molar-refractivity contribution >= 4 is 22.6 Å². The second-order valence-corrected chi connectivity index (χ2v) is 6.90. The summed E-state index contributed by atoms with van der Waals surface area (Å²) in [5, 5.41) is 6.59. The normalized spacial score (nSPS) is 11.6. The zero-order valence-corrected chi connectivity index (χ0v) is 16.2. The average Bonchev–Trinajstić information content (AvgIpc) is 3.15. The summed E-state index contributed by atoms with van der Waals surface area (Å²) in [6.45, 7) is 1.45. The first-order valence-corrected chi connectivity index (χ1v) is 9.20. The van der Waals surface area contributed by atoms with E-state index in [1.54, 1.807) is 0 Å². The maximum Gasteiger partial charge on any atom is 0.418 e. The number of fused-ring (bicyclic) bond motifs is 1. The van der Waals surface area contributed by atoms with E-state index in [0.717, 1.165) is 22.3 Å². The third-order valence-electron chi connectivity index (χ3n) is 4.65. The van der Waals surface area contributed by atoms with Crippen LogP contribution in [0.5, 0.6) is 0 Å². The van der Waals surface area contributed by atoms with E-state index >= 15 is 0 Å². The van der Waals surface area contributed by atoms with Crippen molar-refractivity contribution in [3.8, 4) is 5.69 Å². The topological polar surface area (TPSA) is 81.8 Å². The average molecular weight is 427 g/mol. The van der Waals surface area contributed by atoms with Gasteiger partial charge in [0.25, 0.3) is 5.56 Å². The molecule has 0 fully saturated rings. The van der Waals surface area contributed by atoms with Gasteiger partial charge in [-0.1, -0.05) is 29.8 Å². The van der Waals surface area contributed by atoms with Gasteiger partial charge in [0.1, 0.15) is 18.3 Å². The van der Waals surface area contributed by atoms with Gasteiger partial charge in [-0.2, -0.15) is 18.3 Å². The summed E-state index contributed by atoms with van der Waals surface area (Å²) in [4.78, 5) is 29.3. The molecule has 0 bridgehead atoms. The number of benzene rings is 2. The molecule has 0 saturated carbocycles. The van der Waals surface area contributed by atoms with Gasteiger partial charge in [-0.05, 0) is 31.2 Å². The lowest BCUT2D eigenvalue weighted by atomic mass is 10.1. The van der Waals surface area contributed by atoms with E-state index in [0.29, 0.717) is 11.3 Å². The van der Waals surface area contributed by atoms with E-state index < -0.39 is 29.8 Å². The van der Waals surface area contributed by atoms with Crippen molar-refractivity contribution in [2.75, 3.05) is 5.32 Å². The molecule has 31 heavy (non-hydrogen) atoms. The molecule has 158 valence electrons. The highest BCUT2D eigenvalue weighted by Crippen LogP contribution is 2.34. The van der Waals surface area contributed by atoms with Crippen molar-refractivity contribution in [1.82, 2.24) is 19.3 Å². The van der Waals surface area contributed by atoms with Crippen LogP contribution in [0.15, 0.2) is 65.8 Å². The maximum absolute atomic E-state index is 13.1. The quantitative estimate of drug-likeness (QED) is 0.540. The number of amides is 1. The molecule has 0 aliphatic rings. The van der Waals surface area contributed by atoms with Gasteiger partial charge in [0, 0.05) is 0 Å². The van der Waals surface area contributed by atoms with Crippen LogP contribution in [-0.2, 0) is 17.5 Å². The van der Waals surface area contributed by atoms with Crippen LogP contribution in [0.1, 0.15) is 11.1 Å². The second-order valence-electron chi connectivity index (χ2n) is 6.90. The van der Waals surface area contributed by atoms with Gasteiger partial charge in [0.05, 0.1) is 23.1 Å². The molecule has 2 heterocycles. The third kappa shape index (κ3) is 4.04. The molecule has 1 amide bonds. The van der Waals surface area contributed by atoms with Crippen molar-refractivity contribution in [2.45, 2.75) is 19.6 Å². The Morgan fingerprint density at radius 2 is 1.81 bits per heavy atom. The van der Waals surface area contributed by atoms with Gasteiger partial charge in [-0.15, -0.1) is 0 Å². The molecular formula is C21H16F3N5O2. The van der Waals surface area contributed by atoms with Crippen LogP contribution in [0, 0.1) is 6.92 Å². The van der Waals surface area contributed by atoms with Crippen molar-refractivity contribution in [3.05, 3.63) is 82.5 Å². The molecule has 0 spiro atoms. The molecule has 2 aromatic heterocycles. The zero-order chi connectivity index (χ0) is 22.2. The van der Waals surface area contributed by atoms with E-state index in [-0.39, 0.29) is 11.1 Å². The number of nitrogens with one attached hydrogen (secondary N) is 1. The number of rotatable bonds is 4. The Morgan fingerprint density at radius 1 is 1.10 bits per heavy atom. The molecule has 2 aromatic carbocycles. The van der Waals surface area contributed by atoms with E-state index in [2.05, 4.69) is 15.4 Å². The van der Waals surface area contributed by atoms with Crippen molar-refractivity contribution in [2.24, 2.45) is 0 Å². The summed E-state index contributed by atoms with van der Waals surface area (Å²) >= 11 is 0. The fourth-order valence-corrected chi connectivity index (χ4v) is 3.12. The maximum atomic E-state index is 13.1. The number of aryl methyl sites for hydroxylation is 1. The summed E-state index contributed by atoms with van der Waals surface area (Å²) in [6, 6.07) is 12.1. The molecule has 0 atom stereocenters. The zero-order valence-electron chi connectivity index (χ0n) is 16.2. The number of hydrogen-bond acceptors (Lipinski definition) is 4. The van der Waals surface area contributed by atoms with Crippen LogP contribution in [0.4, 0.5) is 18.9 Å². The number of halogens is 3. The number of nitrogens with zero attached hydrogens (tertiary/aromatic N) is 4. The highest BCUT2D eigenvalue weighted by Gasteiger charge is 2.33. The van der Waals surface area contributed by atoms with Gasteiger partial charge in [-0.3, -0.25) is 14.2 Å². The highest BCUT2D eigenvalue weighted by molar-refractivity contribution is 5.91. The lowest BCUT2D eigenvalue weighted by Crippen LogP contribution is -2.28. The lowest BCUT2D eigenvalue weighted by Gasteiger charge is -2.13. The SMILES string of the molecule is Cc1ccc(-n2ncc3c(=O)n(CC(=O)Nc4ccccc4C(F)(F)F)cnc32)cc1. The van der Waals surface area contributed by atoms with Gasteiger partial charge < -0.3 is 5.32 Å². The third-order valence-corrected chi connectivity index (χ3v) is 4.65. The van der Waals surface area contributed by atoms with Crippen molar-refractivity contribution < 1.29 is 18.0 Å². The lowest BCUT2D eigenvalue weighted by molar-refractivity contribution is -0.137. The summed E-state index contributed by atoms with van der Waals surface area (Å²) in [5.41, 5.74) is 0.217. The molecule has 0 aliphatic heterocycles. The minimum atomic E-state index is -4.62. The Kier molecular flexibility index (Phi) is 5.05. The largest absolute Gasteiger partial charge is 0.418 e. The fourth-order valence-electron chi connectivity index (χ4n) is 3.12. The highest BCUT2D eigenvalue weighted by atomic mass is 19.4. The number of anilines is 1.